The van der Waals surface area contributed by atoms with Gasteiger partial charge < -0.3 is 10.7 Å². The smallest absolute Gasteiger partial charge is 0.362 e. The van der Waals surface area contributed by atoms with E-state index >= 15 is 0 Å². The summed E-state index contributed by atoms with van der Waals surface area (Å²) in [6.45, 7) is 0. The Morgan fingerprint density at radius 2 is 2.08 bits per heavy atom. The molecule has 1 rings (SSSR count). The molecule has 0 unspecified atom stereocenters. The summed E-state index contributed by atoms with van der Waals surface area (Å²) in [5, 5.41) is -0.000162. The number of hydrogen-bond acceptors (Lipinski definition) is 1. The Labute approximate surface area is 71.5 Å². The molecule has 0 amide bonds. The van der Waals surface area contributed by atoms with E-state index in [1.807, 2.05) is 0 Å². The quantitative estimate of drug-likeness (QED) is 0.714. The topological polar surface area (TPSA) is 41.8 Å². The highest BCUT2D eigenvalue weighted by molar-refractivity contribution is 6.31. The molecule has 0 spiro atoms. The zero-order valence-corrected chi connectivity index (χ0v) is 6.58. The van der Waals surface area contributed by atoms with Crippen LogP contribution in [0.15, 0.2) is 12.3 Å². The van der Waals surface area contributed by atoms with Gasteiger partial charge in [-0.3, -0.25) is 0 Å². The molecule has 0 saturated carbocycles. The highest BCUT2D eigenvalue weighted by Gasteiger charge is 2.39. The highest BCUT2D eigenvalue weighted by atomic mass is 35.5. The molecule has 6 heteroatoms. The monoisotopic (exact) mass is 198 g/mol. The Bertz CT molecular complexity index is 268. The van der Waals surface area contributed by atoms with Crippen molar-refractivity contribution in [3.63, 3.8) is 0 Å². The van der Waals surface area contributed by atoms with Crippen molar-refractivity contribution in [3.8, 4) is 0 Å². The molecule has 1 heterocycles. The van der Waals surface area contributed by atoms with Gasteiger partial charge in [0.05, 0.1) is 10.7 Å². The van der Waals surface area contributed by atoms with Crippen LogP contribution in [0.25, 0.3) is 0 Å². The average Bonchev–Trinajstić information content (AvgIpc) is 2.31. The predicted octanol–water partition coefficient (Wildman–Crippen LogP) is 2.23. The lowest BCUT2D eigenvalue weighted by Gasteiger charge is -2.14. The minimum Gasteiger partial charge on any atom is -0.362 e. The van der Waals surface area contributed by atoms with E-state index in [2.05, 4.69) is 4.98 Å². The lowest BCUT2D eigenvalue weighted by Crippen LogP contribution is -2.28. The summed E-state index contributed by atoms with van der Waals surface area (Å²) < 4.78 is 36.0. The first-order chi connectivity index (χ1) is 5.43. The zero-order chi connectivity index (χ0) is 9.35. The summed E-state index contributed by atoms with van der Waals surface area (Å²) in [4.78, 5) is 2.33. The van der Waals surface area contributed by atoms with Gasteiger partial charge in [-0.25, -0.2) is 0 Å². The maximum absolute atomic E-state index is 12.0. The van der Waals surface area contributed by atoms with Gasteiger partial charge in [-0.1, -0.05) is 11.6 Å². The summed E-state index contributed by atoms with van der Waals surface area (Å²) in [7, 11) is 0. The number of aromatic nitrogens is 1. The fourth-order valence-electron chi connectivity index (χ4n) is 0.765. The molecule has 1 atom stereocenters. The van der Waals surface area contributed by atoms with E-state index in [9.17, 15) is 13.2 Å². The van der Waals surface area contributed by atoms with Gasteiger partial charge in [0.1, 0.15) is 6.04 Å². The Hall–Kier alpha value is -0.680. The van der Waals surface area contributed by atoms with Crippen molar-refractivity contribution < 1.29 is 13.2 Å². The number of aromatic amines is 1. The van der Waals surface area contributed by atoms with E-state index < -0.39 is 12.2 Å². The lowest BCUT2D eigenvalue weighted by molar-refractivity contribution is -0.149. The van der Waals surface area contributed by atoms with Gasteiger partial charge >= 0.3 is 6.18 Å². The maximum Gasteiger partial charge on any atom is 0.409 e. The first kappa shape index (κ1) is 9.41. The molecule has 3 N–H and O–H groups in total. The van der Waals surface area contributed by atoms with Crippen molar-refractivity contribution in [2.24, 2.45) is 5.73 Å². The number of hydrogen-bond donors (Lipinski definition) is 2. The van der Waals surface area contributed by atoms with Crippen molar-refractivity contribution in [2.45, 2.75) is 12.2 Å². The lowest BCUT2D eigenvalue weighted by atomic mass is 10.2. The second kappa shape index (κ2) is 2.99. The van der Waals surface area contributed by atoms with Crippen LogP contribution in [0, 0.1) is 0 Å². The van der Waals surface area contributed by atoms with Crippen LogP contribution in [0.3, 0.4) is 0 Å². The summed E-state index contributed by atoms with van der Waals surface area (Å²) in [6.07, 6.45) is -3.16. The minimum atomic E-state index is -4.46. The van der Waals surface area contributed by atoms with Gasteiger partial charge in [-0.05, 0) is 6.07 Å². The molecule has 1 aromatic heterocycles. The number of nitrogens with one attached hydrogen (secondary N) is 1. The average molecular weight is 199 g/mol. The minimum absolute atomic E-state index is 0.000162. The molecular formula is C6H6ClF3N2. The standard InChI is InChI=1S/C6H6ClF3N2/c7-3-1-2-12-4(3)5(11)6(8,9)10/h1-2,5,12H,11H2/t5-/m0/s1. The molecule has 0 aliphatic carbocycles. The third kappa shape index (κ3) is 1.73. The second-order valence-electron chi connectivity index (χ2n) is 2.26. The van der Waals surface area contributed by atoms with Gasteiger partial charge in [0.15, 0.2) is 0 Å². The summed E-state index contributed by atoms with van der Waals surface area (Å²) in [6, 6.07) is -0.720. The second-order valence-corrected chi connectivity index (χ2v) is 2.67. The molecule has 1 aromatic rings. The fraction of sp³-hybridized carbons (Fsp3) is 0.333. The SMILES string of the molecule is N[C@@H](c1[nH]ccc1Cl)C(F)(F)F. The van der Waals surface area contributed by atoms with Crippen molar-refractivity contribution in [3.05, 3.63) is 23.0 Å². The first-order valence-corrected chi connectivity index (χ1v) is 3.46. The molecule has 0 saturated heterocycles. The molecular weight excluding hydrogens is 193 g/mol. The Morgan fingerprint density at radius 1 is 1.50 bits per heavy atom. The van der Waals surface area contributed by atoms with Gasteiger partial charge in [0.2, 0.25) is 0 Å². The van der Waals surface area contributed by atoms with Crippen LogP contribution in [0.2, 0.25) is 5.02 Å². The molecule has 0 aromatic carbocycles. The van der Waals surface area contributed by atoms with E-state index in [1.54, 1.807) is 0 Å². The van der Waals surface area contributed by atoms with Crippen LogP contribution in [0.1, 0.15) is 11.7 Å². The Kier molecular flexibility index (Phi) is 2.34. The first-order valence-electron chi connectivity index (χ1n) is 3.08. The number of rotatable bonds is 1. The fourth-order valence-corrected chi connectivity index (χ4v) is 1.00. The van der Waals surface area contributed by atoms with E-state index in [1.165, 1.54) is 12.3 Å². The molecule has 0 aliphatic rings. The number of alkyl halides is 3. The van der Waals surface area contributed by atoms with Crippen LogP contribution >= 0.6 is 11.6 Å². The number of H-pyrrole nitrogens is 1. The molecule has 68 valence electrons. The molecule has 0 fully saturated rings. The highest BCUT2D eigenvalue weighted by Crippen LogP contribution is 2.32. The summed E-state index contributed by atoms with van der Waals surface area (Å²) in [5.74, 6) is 0. The van der Waals surface area contributed by atoms with E-state index in [0.29, 0.717) is 0 Å². The largest absolute Gasteiger partial charge is 0.409 e. The van der Waals surface area contributed by atoms with Crippen LogP contribution in [0.4, 0.5) is 13.2 Å². The van der Waals surface area contributed by atoms with Crippen LogP contribution in [-0.2, 0) is 0 Å². The Morgan fingerprint density at radius 3 is 2.42 bits per heavy atom. The predicted molar refractivity (Wildman–Crippen MR) is 38.8 cm³/mol. The van der Waals surface area contributed by atoms with E-state index in [-0.39, 0.29) is 10.7 Å². The number of halogens is 4. The summed E-state index contributed by atoms with van der Waals surface area (Å²) in [5.41, 5.74) is 4.67. The van der Waals surface area contributed by atoms with Crippen molar-refractivity contribution >= 4 is 11.6 Å². The molecule has 12 heavy (non-hydrogen) atoms. The zero-order valence-electron chi connectivity index (χ0n) is 5.82. The summed E-state index contributed by atoms with van der Waals surface area (Å²) >= 11 is 5.43. The molecule has 0 radical (unpaired) electrons. The number of nitrogens with two attached hydrogens (primary N) is 1. The van der Waals surface area contributed by atoms with Gasteiger partial charge in [-0.2, -0.15) is 13.2 Å². The normalized spacial score (nSPS) is 14.8. The van der Waals surface area contributed by atoms with Gasteiger partial charge in [0, 0.05) is 6.20 Å². The van der Waals surface area contributed by atoms with Crippen molar-refractivity contribution in [1.29, 1.82) is 0 Å². The van der Waals surface area contributed by atoms with Crippen LogP contribution in [-0.4, -0.2) is 11.2 Å². The van der Waals surface area contributed by atoms with Crippen LogP contribution in [0.5, 0.6) is 0 Å². The maximum atomic E-state index is 12.0. The Balaban J connectivity index is 2.92. The molecule has 0 bridgehead atoms. The van der Waals surface area contributed by atoms with Gasteiger partial charge in [-0.15, -0.1) is 0 Å². The van der Waals surface area contributed by atoms with Crippen molar-refractivity contribution in [2.75, 3.05) is 0 Å². The third-order valence-electron chi connectivity index (χ3n) is 1.39. The third-order valence-corrected chi connectivity index (χ3v) is 1.72. The van der Waals surface area contributed by atoms with E-state index in [4.69, 9.17) is 17.3 Å². The van der Waals surface area contributed by atoms with Crippen molar-refractivity contribution in [1.82, 2.24) is 4.98 Å². The molecule has 2 nitrogen and oxygen atoms in total. The van der Waals surface area contributed by atoms with Gasteiger partial charge in [0.25, 0.3) is 0 Å². The van der Waals surface area contributed by atoms with E-state index in [0.717, 1.165) is 0 Å². The van der Waals surface area contributed by atoms with Crippen LogP contribution < -0.4 is 5.73 Å². The molecule has 0 aliphatic heterocycles.